The standard InChI is InChI=1S/C26H28O16/c27-6-15-17(32)19(34)20(35)24(41-15)42-22-18(33)16-12(31)4-10(29)5-14(16)39-21(22)9-1-2-13(11(30)3-9)40-25-23(36)26(37,7-28)8-38-25/h1-5,15,17,19-20,23-25,27-32,34-37H,6-8H2/t15-,17-,19+,20-,23-,24+,25+,26+/m0/s1. The van der Waals surface area contributed by atoms with Crippen molar-refractivity contribution in [3.05, 3.63) is 40.6 Å². The topological polar surface area (TPSA) is 269 Å². The molecule has 2 fully saturated rings. The molecule has 0 radical (unpaired) electrons. The zero-order valence-electron chi connectivity index (χ0n) is 21.5. The summed E-state index contributed by atoms with van der Waals surface area (Å²) in [6.45, 7) is -2.05. The van der Waals surface area contributed by atoms with Crippen molar-refractivity contribution in [2.75, 3.05) is 19.8 Å². The van der Waals surface area contributed by atoms with E-state index in [0.29, 0.717) is 0 Å². The maximum atomic E-state index is 13.5. The van der Waals surface area contributed by atoms with Crippen molar-refractivity contribution in [3.8, 4) is 40.1 Å². The van der Waals surface area contributed by atoms with Gasteiger partial charge < -0.3 is 74.4 Å². The van der Waals surface area contributed by atoms with Crippen LogP contribution in [-0.2, 0) is 9.47 Å². The number of hydrogen-bond acceptors (Lipinski definition) is 16. The molecule has 42 heavy (non-hydrogen) atoms. The van der Waals surface area contributed by atoms with Crippen molar-refractivity contribution in [1.82, 2.24) is 0 Å². The predicted molar refractivity (Wildman–Crippen MR) is 136 cm³/mol. The van der Waals surface area contributed by atoms with Crippen LogP contribution in [0.1, 0.15) is 0 Å². The quantitative estimate of drug-likeness (QED) is 0.136. The number of benzene rings is 2. The molecule has 16 nitrogen and oxygen atoms in total. The van der Waals surface area contributed by atoms with Gasteiger partial charge in [-0.2, -0.15) is 0 Å². The summed E-state index contributed by atoms with van der Waals surface area (Å²) in [4.78, 5) is 13.5. The van der Waals surface area contributed by atoms with Crippen LogP contribution >= 0.6 is 0 Å². The third kappa shape index (κ3) is 5.08. The summed E-state index contributed by atoms with van der Waals surface area (Å²) in [6.07, 6.45) is -11.8. The van der Waals surface area contributed by atoms with Crippen LogP contribution < -0.4 is 14.9 Å². The number of aromatic hydroxyl groups is 3. The summed E-state index contributed by atoms with van der Waals surface area (Å²) < 4.78 is 27.3. The third-order valence-corrected chi connectivity index (χ3v) is 7.04. The first-order valence-corrected chi connectivity index (χ1v) is 12.5. The van der Waals surface area contributed by atoms with Gasteiger partial charge in [0.1, 0.15) is 58.6 Å². The molecule has 0 unspecified atom stereocenters. The molecule has 3 aromatic rings. The van der Waals surface area contributed by atoms with E-state index in [9.17, 15) is 55.9 Å². The van der Waals surface area contributed by atoms with Crippen molar-refractivity contribution < 1.29 is 74.4 Å². The fourth-order valence-corrected chi connectivity index (χ4v) is 4.62. The normalized spacial score (nSPS) is 31.4. The average Bonchev–Trinajstić information content (AvgIpc) is 3.24. The van der Waals surface area contributed by atoms with Gasteiger partial charge in [0, 0.05) is 17.7 Å². The minimum atomic E-state index is -1.98. The lowest BCUT2D eigenvalue weighted by Crippen LogP contribution is -2.60. The van der Waals surface area contributed by atoms with Crippen LogP contribution in [0.4, 0.5) is 0 Å². The van der Waals surface area contributed by atoms with Crippen molar-refractivity contribution in [1.29, 1.82) is 0 Å². The molecule has 0 saturated carbocycles. The molecule has 0 amide bonds. The minimum absolute atomic E-state index is 0.0546. The van der Waals surface area contributed by atoms with Gasteiger partial charge in [0.15, 0.2) is 17.3 Å². The summed E-state index contributed by atoms with van der Waals surface area (Å²) >= 11 is 0. The number of fused-ring (bicyclic) bond motifs is 1. The van der Waals surface area contributed by atoms with Gasteiger partial charge in [-0.3, -0.25) is 4.79 Å². The summed E-state index contributed by atoms with van der Waals surface area (Å²) in [7, 11) is 0. The zero-order valence-corrected chi connectivity index (χ0v) is 21.5. The highest BCUT2D eigenvalue weighted by atomic mass is 16.7. The summed E-state index contributed by atoms with van der Waals surface area (Å²) in [5.74, 6) is -3.08. The molecule has 2 saturated heterocycles. The van der Waals surface area contributed by atoms with Crippen LogP contribution in [0.25, 0.3) is 22.3 Å². The van der Waals surface area contributed by atoms with Crippen molar-refractivity contribution in [3.63, 3.8) is 0 Å². The molecule has 2 aliphatic heterocycles. The van der Waals surface area contributed by atoms with Gasteiger partial charge in [0.2, 0.25) is 23.8 Å². The Morgan fingerprint density at radius 1 is 0.905 bits per heavy atom. The molecule has 0 aliphatic carbocycles. The highest BCUT2D eigenvalue weighted by Crippen LogP contribution is 2.40. The maximum Gasteiger partial charge on any atom is 0.239 e. The fourth-order valence-electron chi connectivity index (χ4n) is 4.62. The van der Waals surface area contributed by atoms with E-state index in [2.05, 4.69) is 0 Å². The lowest BCUT2D eigenvalue weighted by atomic mass is 9.99. The Morgan fingerprint density at radius 2 is 1.64 bits per heavy atom. The van der Waals surface area contributed by atoms with Crippen molar-refractivity contribution in [2.24, 2.45) is 0 Å². The second-order valence-electron chi connectivity index (χ2n) is 9.93. The first-order chi connectivity index (χ1) is 19.9. The molecule has 0 bridgehead atoms. The summed E-state index contributed by atoms with van der Waals surface area (Å²) in [5.41, 5.74) is -3.37. The van der Waals surface area contributed by atoms with Gasteiger partial charge >= 0.3 is 0 Å². The molecule has 8 atom stereocenters. The first-order valence-electron chi connectivity index (χ1n) is 12.5. The second kappa shape index (κ2) is 11.2. The molecule has 2 aliphatic rings. The minimum Gasteiger partial charge on any atom is -0.508 e. The predicted octanol–water partition coefficient (Wildman–Crippen LogP) is -2.43. The Labute approximate surface area is 235 Å². The van der Waals surface area contributed by atoms with Gasteiger partial charge in [0.05, 0.1) is 19.8 Å². The number of aliphatic hydroxyl groups is 7. The highest BCUT2D eigenvalue weighted by Gasteiger charge is 2.49. The van der Waals surface area contributed by atoms with E-state index in [1.807, 2.05) is 0 Å². The van der Waals surface area contributed by atoms with Crippen LogP contribution in [-0.4, -0.2) is 120 Å². The van der Waals surface area contributed by atoms with E-state index >= 15 is 0 Å². The van der Waals surface area contributed by atoms with Crippen molar-refractivity contribution >= 4 is 11.0 Å². The Hall–Kier alpha value is -3.71. The SMILES string of the molecule is O=c1c(O[C@H]2O[C@@H](CO)[C@H](O)[C@@H](O)[C@@H]2O)c(-c2ccc(O[C@H]3OC[C@](O)(CO)[C@H]3O)c(O)c2)oc2cc(O)cc(O)c12. The van der Waals surface area contributed by atoms with Crippen LogP contribution in [0.3, 0.4) is 0 Å². The Balaban J connectivity index is 1.56. The molecule has 0 spiro atoms. The van der Waals surface area contributed by atoms with Crippen LogP contribution in [0.5, 0.6) is 28.7 Å². The van der Waals surface area contributed by atoms with E-state index in [4.69, 9.17) is 23.4 Å². The van der Waals surface area contributed by atoms with E-state index in [1.165, 1.54) is 12.1 Å². The lowest BCUT2D eigenvalue weighted by Gasteiger charge is -2.39. The zero-order chi connectivity index (χ0) is 30.5. The maximum absolute atomic E-state index is 13.5. The van der Waals surface area contributed by atoms with Crippen molar-refractivity contribution in [2.45, 2.75) is 48.7 Å². The summed E-state index contributed by atoms with van der Waals surface area (Å²) in [5, 5.41) is 100. The molecular weight excluding hydrogens is 568 g/mol. The first kappa shape index (κ1) is 29.8. The molecule has 10 N–H and O–H groups in total. The smallest absolute Gasteiger partial charge is 0.239 e. The lowest BCUT2D eigenvalue weighted by molar-refractivity contribution is -0.277. The number of ether oxygens (including phenoxy) is 4. The second-order valence-corrected chi connectivity index (χ2v) is 9.93. The van der Waals surface area contributed by atoms with E-state index in [-0.39, 0.29) is 16.9 Å². The monoisotopic (exact) mass is 596 g/mol. The number of rotatable bonds is 7. The molecule has 5 rings (SSSR count). The summed E-state index contributed by atoms with van der Waals surface area (Å²) in [6, 6.07) is 5.38. The Kier molecular flexibility index (Phi) is 7.92. The van der Waals surface area contributed by atoms with Gasteiger partial charge in [-0.1, -0.05) is 0 Å². The van der Waals surface area contributed by atoms with E-state index in [1.54, 1.807) is 0 Å². The number of phenols is 3. The van der Waals surface area contributed by atoms with E-state index in [0.717, 1.165) is 18.2 Å². The van der Waals surface area contributed by atoms with E-state index < -0.39 is 108 Å². The molecule has 1 aromatic heterocycles. The number of hydrogen-bond donors (Lipinski definition) is 10. The number of aliphatic hydroxyl groups excluding tert-OH is 6. The molecule has 16 heteroatoms. The van der Waals surface area contributed by atoms with Gasteiger partial charge in [-0.25, -0.2) is 0 Å². The molecular formula is C26H28O16. The molecule has 228 valence electrons. The molecule has 2 aromatic carbocycles. The van der Waals surface area contributed by atoms with Crippen LogP contribution in [0.15, 0.2) is 39.5 Å². The average molecular weight is 596 g/mol. The Bertz CT molecular complexity index is 1520. The van der Waals surface area contributed by atoms with Gasteiger partial charge in [-0.05, 0) is 18.2 Å². The highest BCUT2D eigenvalue weighted by molar-refractivity contribution is 5.88. The van der Waals surface area contributed by atoms with Crippen LogP contribution in [0, 0.1) is 0 Å². The Morgan fingerprint density at radius 3 is 2.29 bits per heavy atom. The molecule has 3 heterocycles. The van der Waals surface area contributed by atoms with Crippen LogP contribution in [0.2, 0.25) is 0 Å². The fraction of sp³-hybridized carbons (Fsp3) is 0.423. The largest absolute Gasteiger partial charge is 0.508 e. The van der Waals surface area contributed by atoms with Gasteiger partial charge in [-0.15, -0.1) is 0 Å². The third-order valence-electron chi connectivity index (χ3n) is 7.04. The number of phenolic OH excluding ortho intramolecular Hbond substituents is 3. The van der Waals surface area contributed by atoms with Gasteiger partial charge in [0.25, 0.3) is 0 Å².